The van der Waals surface area contributed by atoms with Gasteiger partial charge in [-0.25, -0.2) is 9.18 Å². The van der Waals surface area contributed by atoms with Crippen LogP contribution in [0.4, 0.5) is 14.9 Å². The minimum absolute atomic E-state index is 0.00883. The number of alkyl carbamates (subject to hydrolysis) is 1. The maximum absolute atomic E-state index is 14.4. The van der Waals surface area contributed by atoms with E-state index < -0.39 is 35.5 Å². The Hall–Kier alpha value is -3.42. The number of anilines is 1. The molecule has 2 aromatic carbocycles. The van der Waals surface area contributed by atoms with Crippen LogP contribution in [-0.2, 0) is 14.3 Å². The normalized spacial score (nSPS) is 15.8. The molecule has 0 spiro atoms. The molecule has 1 unspecified atom stereocenters. The lowest BCUT2D eigenvalue weighted by Gasteiger charge is -2.35. The average molecular weight is 512 g/mol. The van der Waals surface area contributed by atoms with Crippen LogP contribution in [0.15, 0.2) is 48.5 Å². The number of nitrogens with zero attached hydrogens (tertiary/aromatic N) is 1. The van der Waals surface area contributed by atoms with Crippen LogP contribution in [0, 0.1) is 12.7 Å². The number of benzene rings is 2. The van der Waals surface area contributed by atoms with Gasteiger partial charge in [-0.05, 0) is 76.8 Å². The first-order valence-electron chi connectivity index (χ1n) is 12.9. The number of nitrogens with one attached hydrogen (secondary N) is 2. The fourth-order valence-corrected chi connectivity index (χ4v) is 4.60. The van der Waals surface area contributed by atoms with Gasteiger partial charge in [0.2, 0.25) is 11.8 Å². The number of carbonyl (C=O) groups excluding carboxylic acids is 3. The lowest BCUT2D eigenvalue weighted by Crippen LogP contribution is -2.53. The van der Waals surface area contributed by atoms with Crippen LogP contribution in [0.1, 0.15) is 77.0 Å². The fourth-order valence-electron chi connectivity index (χ4n) is 4.60. The van der Waals surface area contributed by atoms with E-state index in [1.807, 2.05) is 19.1 Å². The van der Waals surface area contributed by atoms with E-state index in [0.29, 0.717) is 5.56 Å². The summed E-state index contributed by atoms with van der Waals surface area (Å²) in [6.45, 7) is 8.56. The first-order valence-corrected chi connectivity index (χ1v) is 12.9. The monoisotopic (exact) mass is 511 g/mol. The van der Waals surface area contributed by atoms with E-state index in [2.05, 4.69) is 10.6 Å². The number of aryl methyl sites for hydroxylation is 1. The van der Waals surface area contributed by atoms with Crippen molar-refractivity contribution in [1.82, 2.24) is 10.6 Å². The van der Waals surface area contributed by atoms with E-state index in [-0.39, 0.29) is 17.6 Å². The molecule has 8 heteroatoms. The summed E-state index contributed by atoms with van der Waals surface area (Å²) < 4.78 is 19.7. The molecule has 3 amide bonds. The highest BCUT2D eigenvalue weighted by atomic mass is 19.1. The number of carbonyl (C=O) groups is 3. The minimum Gasteiger partial charge on any atom is -0.444 e. The SMILES string of the molecule is Cc1ccccc1C(C(=O)NC1CCCCC1)N(C(=O)[C@H](C)NC(=O)OC(C)(C)C)c1cccc(F)c1. The van der Waals surface area contributed by atoms with E-state index in [9.17, 15) is 18.8 Å². The highest BCUT2D eigenvalue weighted by Gasteiger charge is 2.37. The van der Waals surface area contributed by atoms with E-state index in [0.717, 1.165) is 37.7 Å². The second-order valence-corrected chi connectivity index (χ2v) is 10.7. The molecule has 2 N–H and O–H groups in total. The molecule has 200 valence electrons. The number of amides is 3. The highest BCUT2D eigenvalue weighted by Crippen LogP contribution is 2.32. The van der Waals surface area contributed by atoms with Gasteiger partial charge in [-0.15, -0.1) is 0 Å². The van der Waals surface area contributed by atoms with E-state index >= 15 is 0 Å². The lowest BCUT2D eigenvalue weighted by molar-refractivity contribution is -0.127. The Labute approximate surface area is 218 Å². The molecule has 37 heavy (non-hydrogen) atoms. The summed E-state index contributed by atoms with van der Waals surface area (Å²) in [6.07, 6.45) is 4.18. The van der Waals surface area contributed by atoms with Crippen LogP contribution in [0.5, 0.6) is 0 Å². The zero-order chi connectivity index (χ0) is 27.2. The number of ether oxygens (including phenoxy) is 1. The van der Waals surface area contributed by atoms with E-state index in [4.69, 9.17) is 4.74 Å². The summed E-state index contributed by atoms with van der Waals surface area (Å²) in [7, 11) is 0. The highest BCUT2D eigenvalue weighted by molar-refractivity contribution is 6.04. The van der Waals surface area contributed by atoms with Crippen LogP contribution in [-0.4, -0.2) is 35.6 Å². The summed E-state index contributed by atoms with van der Waals surface area (Å²) in [4.78, 5) is 41.5. The summed E-state index contributed by atoms with van der Waals surface area (Å²) in [5.74, 6) is -1.45. The largest absolute Gasteiger partial charge is 0.444 e. The lowest BCUT2D eigenvalue weighted by atomic mass is 9.93. The quantitative estimate of drug-likeness (QED) is 0.509. The minimum atomic E-state index is -1.07. The molecule has 1 fully saturated rings. The van der Waals surface area contributed by atoms with Crippen LogP contribution >= 0.6 is 0 Å². The predicted octanol–water partition coefficient (Wildman–Crippen LogP) is 5.57. The summed E-state index contributed by atoms with van der Waals surface area (Å²) in [5.41, 5.74) is 0.902. The van der Waals surface area contributed by atoms with E-state index in [1.165, 1.54) is 30.0 Å². The predicted molar refractivity (Wildman–Crippen MR) is 142 cm³/mol. The van der Waals surface area contributed by atoms with Gasteiger partial charge in [0, 0.05) is 11.7 Å². The second-order valence-electron chi connectivity index (χ2n) is 10.7. The molecule has 0 aliphatic heterocycles. The standard InChI is InChI=1S/C29H38FN3O4/c1-19-12-9-10-17-24(19)25(26(34)32-22-14-7-6-8-15-22)33(23-16-11-13-21(30)18-23)27(35)20(2)31-28(36)37-29(3,4)5/h9-13,16-18,20,22,25H,6-8,14-15H2,1-5H3,(H,31,36)(H,32,34)/t20-,25?/m0/s1. The fraction of sp³-hybridized carbons (Fsp3) is 0.483. The van der Waals surface area contributed by atoms with Gasteiger partial charge in [0.1, 0.15) is 23.5 Å². The number of hydrogen-bond donors (Lipinski definition) is 2. The number of rotatable bonds is 7. The Balaban J connectivity index is 2.04. The Kier molecular flexibility index (Phi) is 9.29. The topological polar surface area (TPSA) is 87.7 Å². The van der Waals surface area contributed by atoms with Crippen LogP contribution < -0.4 is 15.5 Å². The van der Waals surface area contributed by atoms with Gasteiger partial charge < -0.3 is 15.4 Å². The Morgan fingerprint density at radius 1 is 1.03 bits per heavy atom. The van der Waals surface area contributed by atoms with Crippen molar-refractivity contribution in [3.8, 4) is 0 Å². The van der Waals surface area contributed by atoms with Crippen LogP contribution in [0.3, 0.4) is 0 Å². The summed E-state index contributed by atoms with van der Waals surface area (Å²) in [5, 5.41) is 5.70. The molecule has 2 aromatic rings. The molecule has 1 saturated carbocycles. The Morgan fingerprint density at radius 2 is 1.70 bits per heavy atom. The van der Waals surface area contributed by atoms with E-state index in [1.54, 1.807) is 39.0 Å². The molecule has 3 rings (SSSR count). The second kappa shape index (κ2) is 12.2. The van der Waals surface area contributed by atoms with Gasteiger partial charge >= 0.3 is 6.09 Å². The smallest absolute Gasteiger partial charge is 0.408 e. The van der Waals surface area contributed by atoms with Crippen molar-refractivity contribution >= 4 is 23.6 Å². The van der Waals surface area contributed by atoms with Gasteiger partial charge in [0.15, 0.2) is 0 Å². The zero-order valence-corrected chi connectivity index (χ0v) is 22.3. The molecule has 0 bridgehead atoms. The van der Waals surface area contributed by atoms with Crippen LogP contribution in [0.2, 0.25) is 0 Å². The number of hydrogen-bond acceptors (Lipinski definition) is 4. The summed E-state index contributed by atoms with van der Waals surface area (Å²) >= 11 is 0. The van der Waals surface area contributed by atoms with Gasteiger partial charge in [0.05, 0.1) is 0 Å². The molecular formula is C29H38FN3O4. The van der Waals surface area contributed by atoms with Crippen molar-refractivity contribution in [3.63, 3.8) is 0 Å². The molecule has 0 saturated heterocycles. The van der Waals surface area contributed by atoms with Crippen molar-refractivity contribution in [2.75, 3.05) is 4.90 Å². The third kappa shape index (κ3) is 7.78. The van der Waals surface area contributed by atoms with Gasteiger partial charge in [0.25, 0.3) is 0 Å². The molecule has 7 nitrogen and oxygen atoms in total. The molecule has 0 heterocycles. The van der Waals surface area contributed by atoms with Gasteiger partial charge in [-0.1, -0.05) is 49.6 Å². The average Bonchev–Trinajstić information content (AvgIpc) is 2.82. The first-order chi connectivity index (χ1) is 17.5. The zero-order valence-electron chi connectivity index (χ0n) is 22.3. The van der Waals surface area contributed by atoms with Crippen LogP contribution in [0.25, 0.3) is 0 Å². The molecule has 0 aromatic heterocycles. The molecule has 2 atom stereocenters. The maximum atomic E-state index is 14.4. The number of halogens is 1. The Bertz CT molecular complexity index is 1110. The first kappa shape index (κ1) is 28.2. The van der Waals surface area contributed by atoms with Crippen molar-refractivity contribution < 1.29 is 23.5 Å². The van der Waals surface area contributed by atoms with Crippen molar-refractivity contribution in [3.05, 3.63) is 65.5 Å². The van der Waals surface area contributed by atoms with Crippen molar-refractivity contribution in [1.29, 1.82) is 0 Å². The third-order valence-corrected chi connectivity index (χ3v) is 6.37. The Morgan fingerprint density at radius 3 is 2.32 bits per heavy atom. The maximum Gasteiger partial charge on any atom is 0.408 e. The summed E-state index contributed by atoms with van der Waals surface area (Å²) in [6, 6.07) is 10.8. The van der Waals surface area contributed by atoms with Crippen molar-refractivity contribution in [2.45, 2.75) is 90.4 Å². The third-order valence-electron chi connectivity index (χ3n) is 6.37. The molecule has 1 aliphatic carbocycles. The van der Waals surface area contributed by atoms with Gasteiger partial charge in [-0.3, -0.25) is 14.5 Å². The molecule has 1 aliphatic rings. The molecule has 0 radical (unpaired) electrons. The molecular weight excluding hydrogens is 473 g/mol. The van der Waals surface area contributed by atoms with Crippen molar-refractivity contribution in [2.24, 2.45) is 0 Å². The van der Waals surface area contributed by atoms with Gasteiger partial charge in [-0.2, -0.15) is 0 Å².